The first-order valence-electron chi connectivity index (χ1n) is 6.65. The molecule has 2 aromatic rings. The van der Waals surface area contributed by atoms with Crippen LogP contribution < -0.4 is 5.73 Å². The monoisotopic (exact) mass is 314 g/mol. The minimum Gasteiger partial charge on any atom is -0.478 e. The third-order valence-corrected chi connectivity index (χ3v) is 3.45. The highest BCUT2D eigenvalue weighted by Crippen LogP contribution is 2.30. The van der Waals surface area contributed by atoms with Gasteiger partial charge in [-0.1, -0.05) is 23.8 Å². The highest BCUT2D eigenvalue weighted by atomic mass is 16.6. The average Bonchev–Trinajstić information content (AvgIpc) is 2.45. The zero-order valence-corrected chi connectivity index (χ0v) is 12.5. The molecule has 0 heterocycles. The molecule has 2 aromatic carbocycles. The van der Waals surface area contributed by atoms with E-state index in [9.17, 15) is 19.7 Å². The number of carboxylic acid groups (broad SMARTS) is 1. The number of carboxylic acids is 1. The Morgan fingerprint density at radius 2 is 1.83 bits per heavy atom. The zero-order valence-electron chi connectivity index (χ0n) is 12.5. The topological polar surface area (TPSA) is 124 Å². The van der Waals surface area contributed by atoms with Crippen LogP contribution in [0.2, 0.25) is 0 Å². The standard InChI is InChI=1S/C16H14N2O5/c1-8-3-4-11(9(2)5-8)15(19)14-12(17)6-10(16(20)21)7-13(14)18(22)23/h3-7H,17H2,1-2H3,(H,20,21). The first-order chi connectivity index (χ1) is 10.7. The van der Waals surface area contributed by atoms with E-state index in [1.165, 1.54) is 0 Å². The number of carbonyl (C=O) groups is 2. The fraction of sp³-hybridized carbons (Fsp3) is 0.125. The van der Waals surface area contributed by atoms with Crippen LogP contribution in [0.1, 0.15) is 37.4 Å². The summed E-state index contributed by atoms with van der Waals surface area (Å²) in [5.41, 5.74) is 6.13. The van der Waals surface area contributed by atoms with Crippen molar-refractivity contribution in [1.29, 1.82) is 0 Å². The van der Waals surface area contributed by atoms with E-state index < -0.39 is 22.4 Å². The molecule has 0 bridgehead atoms. The molecule has 0 saturated heterocycles. The van der Waals surface area contributed by atoms with Crippen LogP contribution in [0, 0.1) is 24.0 Å². The number of anilines is 1. The van der Waals surface area contributed by atoms with E-state index in [0.29, 0.717) is 5.56 Å². The Hall–Kier alpha value is -3.22. The number of nitro groups is 1. The van der Waals surface area contributed by atoms with Gasteiger partial charge in [0.25, 0.3) is 5.69 Å². The van der Waals surface area contributed by atoms with Gasteiger partial charge in [-0.2, -0.15) is 0 Å². The lowest BCUT2D eigenvalue weighted by Crippen LogP contribution is -2.12. The number of ketones is 1. The normalized spacial score (nSPS) is 10.3. The zero-order chi connectivity index (χ0) is 17.3. The summed E-state index contributed by atoms with van der Waals surface area (Å²) in [7, 11) is 0. The summed E-state index contributed by atoms with van der Waals surface area (Å²) in [6.07, 6.45) is 0. The molecule has 0 aromatic heterocycles. The fourth-order valence-electron chi connectivity index (χ4n) is 2.37. The minimum atomic E-state index is -1.36. The number of nitrogens with two attached hydrogens (primary N) is 1. The second kappa shape index (κ2) is 5.88. The molecule has 0 amide bonds. The molecule has 2 rings (SSSR count). The quantitative estimate of drug-likeness (QED) is 0.387. The Balaban J connectivity index is 2.69. The molecule has 0 aliphatic carbocycles. The first-order valence-corrected chi connectivity index (χ1v) is 6.65. The third-order valence-electron chi connectivity index (χ3n) is 3.45. The molecule has 0 fully saturated rings. The van der Waals surface area contributed by atoms with Crippen molar-refractivity contribution in [1.82, 2.24) is 0 Å². The molecule has 23 heavy (non-hydrogen) atoms. The summed E-state index contributed by atoms with van der Waals surface area (Å²) in [5, 5.41) is 20.2. The summed E-state index contributed by atoms with van der Waals surface area (Å²) in [5.74, 6) is -1.96. The largest absolute Gasteiger partial charge is 0.478 e. The van der Waals surface area contributed by atoms with Gasteiger partial charge in [0, 0.05) is 11.6 Å². The lowest BCUT2D eigenvalue weighted by Gasteiger charge is -2.10. The van der Waals surface area contributed by atoms with Gasteiger partial charge in [0.1, 0.15) is 5.56 Å². The molecule has 0 aliphatic rings. The number of carbonyl (C=O) groups excluding carboxylic acids is 1. The maximum absolute atomic E-state index is 12.7. The molecular weight excluding hydrogens is 300 g/mol. The predicted molar refractivity (Wildman–Crippen MR) is 83.8 cm³/mol. The summed E-state index contributed by atoms with van der Waals surface area (Å²) in [4.78, 5) is 34.1. The van der Waals surface area contributed by atoms with Crippen molar-refractivity contribution in [3.8, 4) is 0 Å². The lowest BCUT2D eigenvalue weighted by atomic mass is 9.94. The van der Waals surface area contributed by atoms with E-state index in [0.717, 1.165) is 17.7 Å². The van der Waals surface area contributed by atoms with E-state index in [1.54, 1.807) is 25.1 Å². The van der Waals surface area contributed by atoms with Crippen molar-refractivity contribution in [2.75, 3.05) is 5.73 Å². The SMILES string of the molecule is Cc1ccc(C(=O)c2c(N)cc(C(=O)O)cc2[N+](=O)[O-])c(C)c1. The Labute approximate surface area is 131 Å². The first kappa shape index (κ1) is 16.2. The third kappa shape index (κ3) is 3.03. The molecule has 7 heteroatoms. The van der Waals surface area contributed by atoms with Gasteiger partial charge in [-0.25, -0.2) is 4.79 Å². The van der Waals surface area contributed by atoms with E-state index in [1.807, 2.05) is 6.92 Å². The van der Waals surface area contributed by atoms with Crippen LogP contribution in [0.5, 0.6) is 0 Å². The van der Waals surface area contributed by atoms with E-state index in [-0.39, 0.29) is 22.4 Å². The molecule has 0 saturated carbocycles. The van der Waals surface area contributed by atoms with Gasteiger partial charge < -0.3 is 10.8 Å². The van der Waals surface area contributed by atoms with Crippen LogP contribution in [0.15, 0.2) is 30.3 Å². The molecule has 0 spiro atoms. The van der Waals surface area contributed by atoms with Gasteiger partial charge in [-0.05, 0) is 25.5 Å². The Kier molecular flexibility index (Phi) is 4.13. The van der Waals surface area contributed by atoms with Crippen LogP contribution in [0.3, 0.4) is 0 Å². The number of hydrogen-bond donors (Lipinski definition) is 2. The number of aryl methyl sites for hydroxylation is 2. The van der Waals surface area contributed by atoms with Gasteiger partial charge in [0.05, 0.1) is 16.2 Å². The molecule has 0 aliphatic heterocycles. The Bertz CT molecular complexity index is 843. The van der Waals surface area contributed by atoms with Crippen molar-refractivity contribution in [2.24, 2.45) is 0 Å². The number of aromatic carboxylic acids is 1. The number of benzene rings is 2. The van der Waals surface area contributed by atoms with Crippen LogP contribution in [0.25, 0.3) is 0 Å². The van der Waals surface area contributed by atoms with Crippen LogP contribution >= 0.6 is 0 Å². The summed E-state index contributed by atoms with van der Waals surface area (Å²) in [6, 6.07) is 6.96. The molecule has 118 valence electrons. The van der Waals surface area contributed by atoms with Crippen LogP contribution in [-0.2, 0) is 0 Å². The van der Waals surface area contributed by atoms with E-state index in [2.05, 4.69) is 0 Å². The van der Waals surface area contributed by atoms with E-state index in [4.69, 9.17) is 10.8 Å². The van der Waals surface area contributed by atoms with Crippen molar-refractivity contribution in [3.63, 3.8) is 0 Å². The van der Waals surface area contributed by atoms with Crippen molar-refractivity contribution in [3.05, 3.63) is 68.3 Å². The fourth-order valence-corrected chi connectivity index (χ4v) is 2.37. The van der Waals surface area contributed by atoms with Gasteiger partial charge in [0.15, 0.2) is 0 Å². The molecule has 3 N–H and O–H groups in total. The molecule has 7 nitrogen and oxygen atoms in total. The highest BCUT2D eigenvalue weighted by molar-refractivity contribution is 6.16. The van der Waals surface area contributed by atoms with Crippen molar-refractivity contribution in [2.45, 2.75) is 13.8 Å². The lowest BCUT2D eigenvalue weighted by molar-refractivity contribution is -0.385. The smallest absolute Gasteiger partial charge is 0.336 e. The number of nitrogens with zero attached hydrogens (tertiary/aromatic N) is 1. The molecular formula is C16H14N2O5. The van der Waals surface area contributed by atoms with Crippen molar-refractivity contribution >= 4 is 23.1 Å². The molecule has 0 unspecified atom stereocenters. The number of nitrogen functional groups attached to an aromatic ring is 1. The average molecular weight is 314 g/mol. The second-order valence-corrected chi connectivity index (χ2v) is 5.17. The maximum Gasteiger partial charge on any atom is 0.336 e. The number of rotatable bonds is 4. The van der Waals surface area contributed by atoms with Gasteiger partial charge >= 0.3 is 5.97 Å². The summed E-state index contributed by atoms with van der Waals surface area (Å²) >= 11 is 0. The van der Waals surface area contributed by atoms with Crippen LogP contribution in [0.4, 0.5) is 11.4 Å². The minimum absolute atomic E-state index is 0.235. The maximum atomic E-state index is 12.7. The molecule has 0 atom stereocenters. The van der Waals surface area contributed by atoms with Gasteiger partial charge in [-0.3, -0.25) is 14.9 Å². The van der Waals surface area contributed by atoms with E-state index >= 15 is 0 Å². The summed E-state index contributed by atoms with van der Waals surface area (Å²) < 4.78 is 0. The van der Waals surface area contributed by atoms with Crippen molar-refractivity contribution < 1.29 is 19.6 Å². The number of hydrogen-bond acceptors (Lipinski definition) is 5. The highest BCUT2D eigenvalue weighted by Gasteiger charge is 2.27. The second-order valence-electron chi connectivity index (χ2n) is 5.17. The Morgan fingerprint density at radius 1 is 1.17 bits per heavy atom. The summed E-state index contributed by atoms with van der Waals surface area (Å²) in [6.45, 7) is 3.58. The number of nitro benzene ring substituents is 1. The van der Waals surface area contributed by atoms with Crippen LogP contribution in [-0.4, -0.2) is 21.8 Å². The Morgan fingerprint density at radius 3 is 2.35 bits per heavy atom. The predicted octanol–water partition coefficient (Wildman–Crippen LogP) is 2.72. The van der Waals surface area contributed by atoms with Gasteiger partial charge in [0.2, 0.25) is 5.78 Å². The van der Waals surface area contributed by atoms with Gasteiger partial charge in [-0.15, -0.1) is 0 Å². The molecule has 0 radical (unpaired) electrons.